The van der Waals surface area contributed by atoms with E-state index in [1.54, 1.807) is 0 Å². The van der Waals surface area contributed by atoms with E-state index in [0.717, 1.165) is 11.1 Å². The quantitative estimate of drug-likeness (QED) is 0.561. The molecule has 0 fully saturated rings. The summed E-state index contributed by atoms with van der Waals surface area (Å²) in [5.74, 6) is 0. The van der Waals surface area contributed by atoms with Crippen LogP contribution in [0.1, 0.15) is 17.2 Å². The van der Waals surface area contributed by atoms with Crippen molar-refractivity contribution in [3.8, 4) is 0 Å². The maximum Gasteiger partial charge on any atom is 0.113 e. The Morgan fingerprint density at radius 3 is 1.72 bits per heavy atom. The van der Waals surface area contributed by atoms with Gasteiger partial charge in [-0.3, -0.25) is 0 Å². The number of nitrogens with zero attached hydrogens (tertiary/aromatic N) is 1. The van der Waals surface area contributed by atoms with Crippen molar-refractivity contribution in [1.82, 2.24) is 0 Å². The second-order valence-corrected chi connectivity index (χ2v) is 4.66. The Kier molecular flexibility index (Phi) is 4.51. The third-order valence-corrected chi connectivity index (χ3v) is 3.38. The number of benzene rings is 2. The lowest BCUT2D eigenvalue weighted by molar-refractivity contribution is 0.882. The maximum atomic E-state index is 6.19. The number of hydrogen-bond acceptors (Lipinski definition) is 2. The molecule has 0 atom stereocenters. The van der Waals surface area contributed by atoms with Gasteiger partial charge in [0, 0.05) is 21.2 Å². The maximum absolute atomic E-state index is 6.19. The Balaban J connectivity index is 2.58. The van der Waals surface area contributed by atoms with Crippen LogP contribution in [-0.2, 0) is 0 Å². The molecule has 18 heavy (non-hydrogen) atoms. The Hall–Kier alpha value is -1.18. The minimum absolute atomic E-state index is 0.315. The minimum atomic E-state index is -0.315. The van der Waals surface area contributed by atoms with Gasteiger partial charge in [-0.1, -0.05) is 59.6 Å². The molecule has 0 aliphatic carbocycles. The average molecular weight is 294 g/mol. The highest BCUT2D eigenvalue weighted by Gasteiger charge is 2.17. The Morgan fingerprint density at radius 1 is 0.889 bits per heavy atom. The van der Waals surface area contributed by atoms with Crippen LogP contribution in [0, 0.1) is 0 Å². The fourth-order valence-corrected chi connectivity index (χ4v) is 2.34. The van der Waals surface area contributed by atoms with Gasteiger partial charge in [-0.25, -0.2) is 4.99 Å². The van der Waals surface area contributed by atoms with Crippen molar-refractivity contribution < 1.29 is 0 Å². The van der Waals surface area contributed by atoms with Crippen LogP contribution in [0.3, 0.4) is 0 Å². The standard InChI is InChI=1S/C14H9Cl2NS/c15-12-7-3-1-5-10(12)14(17-9-18)11-6-2-4-8-13(11)16/h1-8,14H. The van der Waals surface area contributed by atoms with E-state index in [1.165, 1.54) is 0 Å². The van der Waals surface area contributed by atoms with E-state index in [9.17, 15) is 0 Å². The molecule has 0 N–H and O–H groups in total. The summed E-state index contributed by atoms with van der Waals surface area (Å²) in [5, 5.41) is 3.68. The molecule has 0 aliphatic heterocycles. The lowest BCUT2D eigenvalue weighted by Gasteiger charge is -2.14. The van der Waals surface area contributed by atoms with Crippen LogP contribution >= 0.6 is 35.4 Å². The van der Waals surface area contributed by atoms with Gasteiger partial charge in [-0.2, -0.15) is 0 Å². The van der Waals surface area contributed by atoms with Crippen molar-refractivity contribution in [3.63, 3.8) is 0 Å². The zero-order valence-electron chi connectivity index (χ0n) is 9.31. The molecule has 0 aliphatic rings. The zero-order valence-corrected chi connectivity index (χ0v) is 11.6. The number of isothiocyanates is 1. The summed E-state index contributed by atoms with van der Waals surface area (Å²) < 4.78 is 0. The van der Waals surface area contributed by atoms with Crippen LogP contribution in [0.4, 0.5) is 0 Å². The van der Waals surface area contributed by atoms with Gasteiger partial charge >= 0.3 is 0 Å². The van der Waals surface area contributed by atoms with E-state index in [1.807, 2.05) is 48.5 Å². The van der Waals surface area contributed by atoms with Crippen molar-refractivity contribution in [2.24, 2.45) is 4.99 Å². The summed E-state index contributed by atoms with van der Waals surface area (Å²) in [7, 11) is 0. The van der Waals surface area contributed by atoms with E-state index in [4.69, 9.17) is 35.4 Å². The van der Waals surface area contributed by atoms with Crippen molar-refractivity contribution in [2.75, 3.05) is 0 Å². The summed E-state index contributed by atoms with van der Waals surface area (Å²) in [4.78, 5) is 4.18. The number of aliphatic imine (C=N–C) groups is 1. The van der Waals surface area contributed by atoms with Crippen LogP contribution in [0.15, 0.2) is 53.5 Å². The molecule has 0 amide bonds. The van der Waals surface area contributed by atoms with Crippen LogP contribution < -0.4 is 0 Å². The van der Waals surface area contributed by atoms with Crippen molar-refractivity contribution in [1.29, 1.82) is 0 Å². The summed E-state index contributed by atoms with van der Waals surface area (Å²) in [6.07, 6.45) is 0. The molecule has 0 heterocycles. The minimum Gasteiger partial charge on any atom is -0.219 e. The number of halogens is 2. The molecule has 0 saturated carbocycles. The Morgan fingerprint density at radius 2 is 1.33 bits per heavy atom. The molecule has 0 radical (unpaired) electrons. The molecular formula is C14H9Cl2NS. The molecule has 90 valence electrons. The SMILES string of the molecule is S=C=NC(c1ccccc1Cl)c1ccccc1Cl. The van der Waals surface area contributed by atoms with Gasteiger partial charge in [-0.15, -0.1) is 0 Å². The van der Waals surface area contributed by atoms with Gasteiger partial charge in [0.15, 0.2) is 0 Å². The first-order valence-corrected chi connectivity index (χ1v) is 6.46. The van der Waals surface area contributed by atoms with Crippen LogP contribution in [0.2, 0.25) is 10.0 Å². The predicted octanol–water partition coefficient (Wildman–Crippen LogP) is 5.19. The summed E-state index contributed by atoms with van der Waals surface area (Å²) >= 11 is 17.1. The van der Waals surface area contributed by atoms with Gasteiger partial charge in [0.1, 0.15) is 6.04 Å². The molecule has 2 rings (SSSR count). The topological polar surface area (TPSA) is 12.4 Å². The molecule has 1 nitrogen and oxygen atoms in total. The Labute approximate surface area is 121 Å². The largest absolute Gasteiger partial charge is 0.219 e. The normalized spacial score (nSPS) is 10.2. The van der Waals surface area contributed by atoms with Gasteiger partial charge in [0.25, 0.3) is 0 Å². The molecule has 2 aromatic carbocycles. The van der Waals surface area contributed by atoms with Gasteiger partial charge < -0.3 is 0 Å². The fraction of sp³-hybridized carbons (Fsp3) is 0.0714. The first kappa shape index (κ1) is 13.3. The molecule has 2 aromatic rings. The van der Waals surface area contributed by atoms with Crippen molar-refractivity contribution in [3.05, 3.63) is 69.7 Å². The fourth-order valence-electron chi connectivity index (χ4n) is 1.75. The summed E-state index contributed by atoms with van der Waals surface area (Å²) in [6.45, 7) is 0. The van der Waals surface area contributed by atoms with Gasteiger partial charge in [-0.05, 0) is 24.4 Å². The van der Waals surface area contributed by atoms with E-state index >= 15 is 0 Å². The number of rotatable bonds is 3. The highest BCUT2D eigenvalue weighted by molar-refractivity contribution is 7.78. The third kappa shape index (κ3) is 2.80. The first-order valence-electron chi connectivity index (χ1n) is 5.30. The van der Waals surface area contributed by atoms with Gasteiger partial charge in [0.2, 0.25) is 0 Å². The molecule has 0 saturated heterocycles. The predicted molar refractivity (Wildman–Crippen MR) is 79.8 cm³/mol. The molecule has 0 unspecified atom stereocenters. The lowest BCUT2D eigenvalue weighted by Crippen LogP contribution is -1.99. The molecule has 0 bridgehead atoms. The molecule has 0 spiro atoms. The number of thiocarbonyl (C=S) groups is 1. The highest BCUT2D eigenvalue weighted by atomic mass is 35.5. The van der Waals surface area contributed by atoms with Crippen molar-refractivity contribution in [2.45, 2.75) is 6.04 Å². The highest BCUT2D eigenvalue weighted by Crippen LogP contribution is 2.34. The van der Waals surface area contributed by atoms with E-state index in [2.05, 4.69) is 10.2 Å². The molecule has 4 heteroatoms. The second-order valence-electron chi connectivity index (χ2n) is 3.67. The smallest absolute Gasteiger partial charge is 0.113 e. The summed E-state index contributed by atoms with van der Waals surface area (Å²) in [5.41, 5.74) is 1.73. The van der Waals surface area contributed by atoms with Crippen LogP contribution in [0.25, 0.3) is 0 Å². The zero-order chi connectivity index (χ0) is 13.0. The first-order chi connectivity index (χ1) is 8.74. The van der Waals surface area contributed by atoms with E-state index in [-0.39, 0.29) is 6.04 Å². The van der Waals surface area contributed by atoms with Crippen LogP contribution in [0.5, 0.6) is 0 Å². The third-order valence-electron chi connectivity index (χ3n) is 2.58. The average Bonchev–Trinajstić information content (AvgIpc) is 2.38. The van der Waals surface area contributed by atoms with Crippen molar-refractivity contribution >= 4 is 40.6 Å². The van der Waals surface area contributed by atoms with Gasteiger partial charge in [0.05, 0.1) is 5.16 Å². The van der Waals surface area contributed by atoms with E-state index in [0.29, 0.717) is 10.0 Å². The van der Waals surface area contributed by atoms with Crippen LogP contribution in [-0.4, -0.2) is 5.16 Å². The number of hydrogen-bond donors (Lipinski definition) is 0. The Bertz CT molecular complexity index is 561. The monoisotopic (exact) mass is 293 g/mol. The lowest BCUT2D eigenvalue weighted by atomic mass is 9.99. The summed E-state index contributed by atoms with van der Waals surface area (Å²) in [6, 6.07) is 14.7. The van der Waals surface area contributed by atoms with E-state index < -0.39 is 0 Å². The molecular weight excluding hydrogens is 285 g/mol. The molecule has 0 aromatic heterocycles. The second kappa shape index (κ2) is 6.12.